The number of anilines is 1. The third-order valence-corrected chi connectivity index (χ3v) is 10.1. The van der Waals surface area contributed by atoms with Gasteiger partial charge in [0.25, 0.3) is 5.91 Å². The van der Waals surface area contributed by atoms with Gasteiger partial charge in [-0.05, 0) is 69.5 Å². The molecule has 1 saturated heterocycles. The van der Waals surface area contributed by atoms with Gasteiger partial charge >= 0.3 is 0 Å². The van der Waals surface area contributed by atoms with Crippen molar-refractivity contribution >= 4 is 40.1 Å². The molecule has 3 aromatic rings. The van der Waals surface area contributed by atoms with Gasteiger partial charge in [-0.1, -0.05) is 69.3 Å². The Bertz CT molecular complexity index is 1510. The minimum Gasteiger partial charge on any atom is -0.497 e. The fourth-order valence-corrected chi connectivity index (χ4v) is 7.80. The highest BCUT2D eigenvalue weighted by Crippen LogP contribution is 2.59. The molecule has 4 atom stereocenters. The highest BCUT2D eigenvalue weighted by molar-refractivity contribution is 14.1. The Balaban J connectivity index is 1.58. The zero-order chi connectivity index (χ0) is 31.6. The van der Waals surface area contributed by atoms with Gasteiger partial charge in [0, 0.05) is 40.6 Å². The number of benzene rings is 3. The van der Waals surface area contributed by atoms with Crippen LogP contribution in [-0.4, -0.2) is 54.7 Å². The third-order valence-electron chi connectivity index (χ3n) is 9.42. The van der Waals surface area contributed by atoms with Crippen molar-refractivity contribution in [3.8, 4) is 5.75 Å². The van der Waals surface area contributed by atoms with Crippen molar-refractivity contribution in [3.05, 3.63) is 106 Å². The predicted molar refractivity (Wildman–Crippen MR) is 180 cm³/mol. The Hall–Kier alpha value is -3.21. The lowest BCUT2D eigenvalue weighted by molar-refractivity contribution is -0.150. The number of hydrogen-bond acceptors (Lipinski definition) is 5. The van der Waals surface area contributed by atoms with Crippen LogP contribution in [0.25, 0.3) is 0 Å². The molecular weight excluding hydrogens is 667 g/mol. The summed E-state index contributed by atoms with van der Waals surface area (Å²) in [5.41, 5.74) is 1.99. The highest BCUT2D eigenvalue weighted by atomic mass is 127. The summed E-state index contributed by atoms with van der Waals surface area (Å²) in [6.07, 6.45) is 1.25. The Morgan fingerprint density at radius 3 is 2.50 bits per heavy atom. The average molecular weight is 709 g/mol. The molecule has 0 saturated carbocycles. The number of aliphatic hydroxyl groups excluding tert-OH is 1. The largest absolute Gasteiger partial charge is 0.497 e. The van der Waals surface area contributed by atoms with E-state index >= 15 is 0 Å². The molecule has 2 aliphatic heterocycles. The summed E-state index contributed by atoms with van der Waals surface area (Å²) >= 11 is 2.27. The topological polar surface area (TPSA) is 79.3 Å². The second-order valence-electron chi connectivity index (χ2n) is 12.3. The average Bonchev–Trinajstić information content (AvgIpc) is 3.44. The number of carbonyl (C=O) groups is 2. The Kier molecular flexibility index (Phi) is 9.53. The molecule has 5 rings (SSSR count). The Morgan fingerprint density at radius 2 is 1.86 bits per heavy atom. The number of carbonyl (C=O) groups excluding carboxylic acids is 2. The molecule has 0 bridgehead atoms. The van der Waals surface area contributed by atoms with E-state index in [1.165, 1.54) is 0 Å². The Labute approximate surface area is 274 Å². The predicted octanol–water partition coefficient (Wildman–Crippen LogP) is 6.07. The first-order valence-corrected chi connectivity index (χ1v) is 16.1. The van der Waals surface area contributed by atoms with Gasteiger partial charge in [-0.25, -0.2) is 0 Å². The molecule has 2 heterocycles. The summed E-state index contributed by atoms with van der Waals surface area (Å²) in [5.74, 6) is 0.0503. The van der Waals surface area contributed by atoms with Crippen molar-refractivity contribution in [2.75, 3.05) is 31.7 Å². The summed E-state index contributed by atoms with van der Waals surface area (Å²) in [5, 5.41) is 9.86. The lowest BCUT2D eigenvalue weighted by Crippen LogP contribution is -2.46. The lowest BCUT2D eigenvalue weighted by Gasteiger charge is -2.39. The molecule has 1 fully saturated rings. The fourth-order valence-electron chi connectivity index (χ4n) is 7.31. The molecule has 0 aliphatic carbocycles. The number of amides is 2. The summed E-state index contributed by atoms with van der Waals surface area (Å²) in [6, 6.07) is 23.8. The van der Waals surface area contributed by atoms with Gasteiger partial charge in [-0.2, -0.15) is 0 Å². The lowest BCUT2D eigenvalue weighted by atomic mass is 9.63. The maximum atomic E-state index is 14.5. The van der Waals surface area contributed by atoms with Gasteiger partial charge in [0.2, 0.25) is 5.91 Å². The van der Waals surface area contributed by atoms with E-state index < -0.39 is 17.1 Å². The van der Waals surface area contributed by atoms with Gasteiger partial charge in [-0.15, -0.1) is 6.58 Å². The van der Waals surface area contributed by atoms with Crippen LogP contribution in [0, 0.1) is 15.4 Å². The summed E-state index contributed by atoms with van der Waals surface area (Å²) in [6.45, 7) is 11.1. The second-order valence-corrected chi connectivity index (χ2v) is 13.5. The molecular formula is C36H41IN2O5. The molecule has 0 unspecified atom stereocenters. The van der Waals surface area contributed by atoms with E-state index in [1.807, 2.05) is 60.7 Å². The molecule has 44 heavy (non-hydrogen) atoms. The van der Waals surface area contributed by atoms with Crippen LogP contribution in [0.1, 0.15) is 43.9 Å². The first kappa shape index (κ1) is 32.2. The Morgan fingerprint density at radius 1 is 1.16 bits per heavy atom. The smallest absolute Gasteiger partial charge is 0.264 e. The van der Waals surface area contributed by atoms with E-state index in [0.29, 0.717) is 13.1 Å². The molecule has 3 aromatic carbocycles. The number of methoxy groups -OCH3 is 1. The van der Waals surface area contributed by atoms with Crippen LogP contribution in [0.4, 0.5) is 5.69 Å². The number of hydrogen-bond donors (Lipinski definition) is 1. The van der Waals surface area contributed by atoms with E-state index in [-0.39, 0.29) is 43.2 Å². The van der Waals surface area contributed by atoms with Gasteiger partial charge in [0.15, 0.2) is 5.60 Å². The monoisotopic (exact) mass is 708 g/mol. The van der Waals surface area contributed by atoms with Crippen molar-refractivity contribution in [1.29, 1.82) is 0 Å². The minimum absolute atomic E-state index is 0.0805. The molecule has 8 heteroatoms. The van der Waals surface area contributed by atoms with Gasteiger partial charge in [0.05, 0.1) is 31.9 Å². The van der Waals surface area contributed by atoms with Crippen molar-refractivity contribution in [2.45, 2.75) is 50.9 Å². The number of rotatable bonds is 11. The minimum atomic E-state index is -1.25. The van der Waals surface area contributed by atoms with Gasteiger partial charge in [0.1, 0.15) is 5.75 Å². The van der Waals surface area contributed by atoms with Crippen LogP contribution < -0.4 is 9.64 Å². The quantitative estimate of drug-likeness (QED) is 0.194. The molecule has 1 N–H and O–H groups in total. The van der Waals surface area contributed by atoms with Crippen LogP contribution in [0.5, 0.6) is 5.75 Å². The van der Waals surface area contributed by atoms with Crippen LogP contribution >= 0.6 is 22.6 Å². The van der Waals surface area contributed by atoms with E-state index in [0.717, 1.165) is 31.7 Å². The second kappa shape index (κ2) is 13.0. The van der Waals surface area contributed by atoms with Crippen LogP contribution in [0.2, 0.25) is 0 Å². The number of aliphatic hydroxyl groups is 1. The molecule has 2 aliphatic rings. The molecule has 1 spiro atoms. The normalized spacial score (nSPS) is 22.7. The van der Waals surface area contributed by atoms with Gasteiger partial charge < -0.3 is 24.4 Å². The molecule has 0 radical (unpaired) electrons. The fraction of sp³-hybridized carbons (Fsp3) is 0.389. The SMILES string of the molecule is C=CCN1C(=O)[C@@]2(O[C@@H](CC(=O)N(CCO)Cc3ccccc3)[C@H](C(C)(C)c3ccc(OC)cc3)[C@H]2C)c2cc(I)ccc21. The highest BCUT2D eigenvalue weighted by Gasteiger charge is 2.66. The molecule has 232 valence electrons. The van der Waals surface area contributed by atoms with Crippen molar-refractivity contribution in [3.63, 3.8) is 0 Å². The summed E-state index contributed by atoms with van der Waals surface area (Å²) in [4.78, 5) is 32.0. The van der Waals surface area contributed by atoms with E-state index in [2.05, 4.69) is 62.1 Å². The van der Waals surface area contributed by atoms with E-state index in [1.54, 1.807) is 23.0 Å². The first-order chi connectivity index (χ1) is 21.1. The van der Waals surface area contributed by atoms with Crippen LogP contribution in [-0.2, 0) is 31.9 Å². The zero-order valence-corrected chi connectivity index (χ0v) is 28.0. The third kappa shape index (κ3) is 5.68. The van der Waals surface area contributed by atoms with Crippen molar-refractivity contribution < 1.29 is 24.2 Å². The molecule has 7 nitrogen and oxygen atoms in total. The van der Waals surface area contributed by atoms with E-state index in [9.17, 15) is 14.7 Å². The van der Waals surface area contributed by atoms with Crippen molar-refractivity contribution in [2.24, 2.45) is 11.8 Å². The number of ether oxygens (including phenoxy) is 2. The maximum absolute atomic E-state index is 14.5. The number of fused-ring (bicyclic) bond motifs is 2. The first-order valence-electron chi connectivity index (χ1n) is 15.1. The number of halogens is 1. The zero-order valence-electron chi connectivity index (χ0n) is 25.8. The standard InChI is InChI=1S/C36H41IN2O5/c1-6-18-39-30-17-14-27(37)21-29(30)36(34(39)42)24(2)33(35(3,4)26-12-15-28(43-5)16-13-26)31(44-36)22-32(41)38(19-20-40)23-25-10-8-7-9-11-25/h6-17,21,24,31,33,40H,1,18-20,22-23H2,2-5H3/t24-,31+,33-,36+/m1/s1. The van der Waals surface area contributed by atoms with Crippen LogP contribution in [0.15, 0.2) is 85.5 Å². The molecule has 2 amide bonds. The van der Waals surface area contributed by atoms with Gasteiger partial charge in [-0.3, -0.25) is 9.59 Å². The summed E-state index contributed by atoms with van der Waals surface area (Å²) in [7, 11) is 1.64. The van der Waals surface area contributed by atoms with E-state index in [4.69, 9.17) is 9.47 Å². The summed E-state index contributed by atoms with van der Waals surface area (Å²) < 4.78 is 13.5. The van der Waals surface area contributed by atoms with Crippen molar-refractivity contribution in [1.82, 2.24) is 4.90 Å². The number of nitrogens with zero attached hydrogens (tertiary/aromatic N) is 2. The molecule has 0 aromatic heterocycles. The van der Waals surface area contributed by atoms with Crippen LogP contribution in [0.3, 0.4) is 0 Å². The maximum Gasteiger partial charge on any atom is 0.264 e.